The average molecular weight is 247 g/mol. The summed E-state index contributed by atoms with van der Waals surface area (Å²) in [5.74, 6) is -7.50. The number of para-hydroxylation sites is 1. The molecule has 0 spiro atoms. The summed E-state index contributed by atoms with van der Waals surface area (Å²) < 4.78 is 0. The number of fused-ring (bicyclic) bond motifs is 1. The number of carbonyl (C=O) groups excluding carboxylic acids is 3. The van der Waals surface area contributed by atoms with E-state index in [-0.39, 0.29) is 0 Å². The first kappa shape index (κ1) is 12.1. The van der Waals surface area contributed by atoms with Crippen LogP contribution in [0.4, 0.5) is 5.69 Å². The Morgan fingerprint density at radius 3 is 2.33 bits per heavy atom. The van der Waals surface area contributed by atoms with Crippen molar-refractivity contribution in [3.63, 3.8) is 0 Å². The minimum atomic E-state index is -1.98. The van der Waals surface area contributed by atoms with Gasteiger partial charge in [-0.25, -0.2) is 0 Å². The standard InChI is InChI=1S/C12H11NO5/c1-13-7-5-3-2-4-6(7)8(10(13)14)9(11(15)16)12(17)18/h2-5,8-9H,1H3,(H,15,16)(H,17,18)/p-2/t8-/m1/s1. The monoisotopic (exact) mass is 247 g/mol. The Morgan fingerprint density at radius 2 is 1.78 bits per heavy atom. The number of carboxylic acids is 2. The third-order valence-corrected chi connectivity index (χ3v) is 3.07. The predicted molar refractivity (Wildman–Crippen MR) is 56.1 cm³/mol. The second-order valence-corrected chi connectivity index (χ2v) is 4.05. The molecule has 1 amide bonds. The molecule has 1 heterocycles. The summed E-state index contributed by atoms with van der Waals surface area (Å²) in [7, 11) is 1.46. The largest absolute Gasteiger partial charge is 0.549 e. The summed E-state index contributed by atoms with van der Waals surface area (Å²) in [5.41, 5.74) is 0.864. The molecule has 0 aromatic heterocycles. The average Bonchev–Trinajstić information content (AvgIpc) is 2.55. The number of carboxylic acid groups (broad SMARTS) is 2. The highest BCUT2D eigenvalue weighted by molar-refractivity contribution is 6.10. The van der Waals surface area contributed by atoms with Crippen LogP contribution in [0.5, 0.6) is 0 Å². The van der Waals surface area contributed by atoms with Crippen molar-refractivity contribution in [1.29, 1.82) is 0 Å². The molecule has 18 heavy (non-hydrogen) atoms. The van der Waals surface area contributed by atoms with Gasteiger partial charge in [-0.05, 0) is 11.6 Å². The maximum Gasteiger partial charge on any atom is 0.235 e. The number of rotatable bonds is 3. The van der Waals surface area contributed by atoms with Crippen molar-refractivity contribution in [2.24, 2.45) is 5.92 Å². The molecule has 1 aliphatic heterocycles. The highest BCUT2D eigenvalue weighted by Crippen LogP contribution is 2.40. The molecular weight excluding hydrogens is 238 g/mol. The number of likely N-dealkylation sites (N-methyl/N-ethyl adjacent to an activating group) is 1. The molecule has 2 rings (SSSR count). The number of nitrogens with zero attached hydrogens (tertiary/aromatic N) is 1. The Morgan fingerprint density at radius 1 is 1.22 bits per heavy atom. The molecule has 6 nitrogen and oxygen atoms in total. The molecule has 1 aliphatic rings. The summed E-state index contributed by atoms with van der Waals surface area (Å²) in [4.78, 5) is 35.0. The lowest BCUT2D eigenvalue weighted by atomic mass is 9.87. The Kier molecular flexibility index (Phi) is 2.78. The van der Waals surface area contributed by atoms with Crippen molar-refractivity contribution in [2.45, 2.75) is 5.92 Å². The molecule has 0 saturated carbocycles. The van der Waals surface area contributed by atoms with Gasteiger partial charge in [-0.3, -0.25) is 4.79 Å². The van der Waals surface area contributed by atoms with Crippen molar-refractivity contribution in [3.8, 4) is 0 Å². The van der Waals surface area contributed by atoms with E-state index < -0.39 is 29.7 Å². The molecular formula is C12H9NO5-2. The maximum absolute atomic E-state index is 12.0. The van der Waals surface area contributed by atoms with Gasteiger partial charge in [0, 0.05) is 12.7 Å². The zero-order valence-corrected chi connectivity index (χ0v) is 9.45. The molecule has 1 atom stereocenters. The summed E-state index contributed by atoms with van der Waals surface area (Å²) in [6.07, 6.45) is 0. The van der Waals surface area contributed by atoms with Crippen LogP contribution in [0.1, 0.15) is 11.5 Å². The molecule has 6 heteroatoms. The van der Waals surface area contributed by atoms with Crippen molar-refractivity contribution in [2.75, 3.05) is 11.9 Å². The number of carbonyl (C=O) groups is 3. The van der Waals surface area contributed by atoms with Crippen molar-refractivity contribution < 1.29 is 24.6 Å². The second kappa shape index (κ2) is 4.14. The zero-order chi connectivity index (χ0) is 13.4. The van der Waals surface area contributed by atoms with Gasteiger partial charge in [0.15, 0.2) is 0 Å². The van der Waals surface area contributed by atoms with Gasteiger partial charge in [0.2, 0.25) is 5.91 Å². The fourth-order valence-corrected chi connectivity index (χ4v) is 2.21. The third-order valence-electron chi connectivity index (χ3n) is 3.07. The Balaban J connectivity index is 2.55. The Bertz CT molecular complexity index is 525. The Labute approximate surface area is 102 Å². The summed E-state index contributed by atoms with van der Waals surface area (Å²) >= 11 is 0. The highest BCUT2D eigenvalue weighted by atomic mass is 16.4. The second-order valence-electron chi connectivity index (χ2n) is 4.05. The van der Waals surface area contributed by atoms with Gasteiger partial charge >= 0.3 is 0 Å². The van der Waals surface area contributed by atoms with Crippen molar-refractivity contribution in [3.05, 3.63) is 29.8 Å². The van der Waals surface area contributed by atoms with Gasteiger partial charge in [0.05, 0.1) is 23.8 Å². The van der Waals surface area contributed by atoms with E-state index >= 15 is 0 Å². The van der Waals surface area contributed by atoms with Gasteiger partial charge in [0.25, 0.3) is 0 Å². The van der Waals surface area contributed by atoms with E-state index in [0.29, 0.717) is 11.3 Å². The normalized spacial score (nSPS) is 18.0. The third kappa shape index (κ3) is 1.62. The minimum absolute atomic E-state index is 0.364. The van der Waals surface area contributed by atoms with Gasteiger partial charge in [-0.1, -0.05) is 18.2 Å². The first-order valence-electron chi connectivity index (χ1n) is 5.23. The van der Waals surface area contributed by atoms with E-state index in [2.05, 4.69) is 0 Å². The lowest BCUT2D eigenvalue weighted by Gasteiger charge is -2.24. The molecule has 0 radical (unpaired) electrons. The summed E-state index contributed by atoms with van der Waals surface area (Å²) in [6.45, 7) is 0. The molecule has 0 N–H and O–H groups in total. The van der Waals surface area contributed by atoms with E-state index in [0.717, 1.165) is 0 Å². The minimum Gasteiger partial charge on any atom is -0.549 e. The topological polar surface area (TPSA) is 101 Å². The van der Waals surface area contributed by atoms with E-state index in [1.54, 1.807) is 18.2 Å². The quantitative estimate of drug-likeness (QED) is 0.567. The van der Waals surface area contributed by atoms with Crippen LogP contribution >= 0.6 is 0 Å². The SMILES string of the molecule is CN1C(=O)[C@@H](C(C(=O)[O-])C(=O)[O-])c2ccccc21. The molecule has 0 fully saturated rings. The van der Waals surface area contributed by atoms with Crippen molar-refractivity contribution >= 4 is 23.5 Å². The lowest BCUT2D eigenvalue weighted by molar-refractivity contribution is -0.332. The first-order chi connectivity index (χ1) is 8.45. The molecule has 1 aromatic carbocycles. The number of benzene rings is 1. The Hall–Kier alpha value is -2.37. The molecule has 1 aromatic rings. The number of aliphatic carboxylic acids is 2. The van der Waals surface area contributed by atoms with Crippen LogP contribution in [0.3, 0.4) is 0 Å². The molecule has 0 unspecified atom stereocenters. The van der Waals surface area contributed by atoms with Gasteiger partial charge < -0.3 is 24.7 Å². The highest BCUT2D eigenvalue weighted by Gasteiger charge is 2.41. The zero-order valence-electron chi connectivity index (χ0n) is 9.45. The lowest BCUT2D eigenvalue weighted by Crippen LogP contribution is -2.48. The molecule has 0 aliphatic carbocycles. The van der Waals surface area contributed by atoms with Gasteiger partial charge in [-0.15, -0.1) is 0 Å². The van der Waals surface area contributed by atoms with Crippen LogP contribution in [0.25, 0.3) is 0 Å². The fraction of sp³-hybridized carbons (Fsp3) is 0.250. The fourth-order valence-electron chi connectivity index (χ4n) is 2.21. The van der Waals surface area contributed by atoms with Crippen LogP contribution < -0.4 is 15.1 Å². The molecule has 0 saturated heterocycles. The van der Waals surface area contributed by atoms with E-state index in [1.165, 1.54) is 18.0 Å². The van der Waals surface area contributed by atoms with Crippen molar-refractivity contribution in [1.82, 2.24) is 0 Å². The van der Waals surface area contributed by atoms with Crippen LogP contribution in [0, 0.1) is 5.92 Å². The van der Waals surface area contributed by atoms with E-state index in [9.17, 15) is 24.6 Å². The number of anilines is 1. The first-order valence-corrected chi connectivity index (χ1v) is 5.23. The van der Waals surface area contributed by atoms with Crippen LogP contribution in [-0.4, -0.2) is 24.9 Å². The number of hydrogen-bond donors (Lipinski definition) is 0. The maximum atomic E-state index is 12.0. The molecule has 94 valence electrons. The summed E-state index contributed by atoms with van der Waals surface area (Å²) in [6, 6.07) is 6.44. The van der Waals surface area contributed by atoms with Crippen LogP contribution in [0.2, 0.25) is 0 Å². The predicted octanol–water partition coefficient (Wildman–Crippen LogP) is -2.14. The van der Waals surface area contributed by atoms with Crippen LogP contribution in [0.15, 0.2) is 24.3 Å². The summed E-state index contributed by atoms with van der Waals surface area (Å²) in [5, 5.41) is 21.8. The van der Waals surface area contributed by atoms with E-state index in [1.807, 2.05) is 0 Å². The van der Waals surface area contributed by atoms with Crippen LogP contribution in [-0.2, 0) is 14.4 Å². The van der Waals surface area contributed by atoms with E-state index in [4.69, 9.17) is 0 Å². The number of amides is 1. The molecule has 0 bridgehead atoms. The van der Waals surface area contributed by atoms with Gasteiger partial charge in [0.1, 0.15) is 0 Å². The number of hydrogen-bond acceptors (Lipinski definition) is 5. The van der Waals surface area contributed by atoms with Gasteiger partial charge in [-0.2, -0.15) is 0 Å². The smallest absolute Gasteiger partial charge is 0.235 e.